The Balaban J connectivity index is 4.25. The van der Waals surface area contributed by atoms with Crippen LogP contribution in [0.2, 0.25) is 0 Å². The molecule has 0 fully saturated rings. The van der Waals surface area contributed by atoms with E-state index < -0.39 is 20.0 Å². The zero-order valence-corrected chi connectivity index (χ0v) is 43.2. The number of phosphoric acid groups is 1. The van der Waals surface area contributed by atoms with Gasteiger partial charge in [-0.05, 0) is 51.4 Å². The maximum atomic E-state index is 13.0. The number of carbonyl (C=O) groups is 1. The molecule has 3 N–H and O–H groups in total. The van der Waals surface area contributed by atoms with Gasteiger partial charge in [0.05, 0.1) is 39.9 Å². The zero-order valence-electron chi connectivity index (χ0n) is 42.3. The van der Waals surface area contributed by atoms with Crippen LogP contribution in [0.4, 0.5) is 0 Å². The van der Waals surface area contributed by atoms with E-state index in [-0.39, 0.29) is 19.1 Å². The number of likely N-dealkylation sites (N-methyl/N-ethyl adjacent to an activating group) is 1. The van der Waals surface area contributed by atoms with Gasteiger partial charge in [-0.2, -0.15) is 0 Å². The Kier molecular flexibility index (Phi) is 44.9. The van der Waals surface area contributed by atoms with Gasteiger partial charge in [-0.25, -0.2) is 4.57 Å². The van der Waals surface area contributed by atoms with E-state index in [0.717, 1.165) is 57.8 Å². The number of aliphatic hydroxyl groups excluding tert-OH is 1. The molecule has 0 radical (unpaired) electrons. The maximum absolute atomic E-state index is 13.0. The van der Waals surface area contributed by atoms with Crippen molar-refractivity contribution in [3.63, 3.8) is 0 Å². The molecule has 0 aliphatic rings. The molecule has 372 valence electrons. The molecule has 0 saturated carbocycles. The van der Waals surface area contributed by atoms with Crippen LogP contribution in [0.3, 0.4) is 0 Å². The molecular formula is C54H106N2O6P+. The number of nitrogens with zero attached hydrogens (tertiary/aromatic N) is 1. The van der Waals surface area contributed by atoms with Gasteiger partial charge in [-0.15, -0.1) is 0 Å². The molecule has 1 amide bonds. The Morgan fingerprint density at radius 1 is 0.540 bits per heavy atom. The lowest BCUT2D eigenvalue weighted by Crippen LogP contribution is -2.46. The summed E-state index contributed by atoms with van der Waals surface area (Å²) in [6.07, 6.45) is 57.5. The molecule has 0 aromatic rings. The predicted molar refractivity (Wildman–Crippen MR) is 272 cm³/mol. The summed E-state index contributed by atoms with van der Waals surface area (Å²) in [5.74, 6) is -0.150. The number of quaternary nitrogens is 1. The largest absolute Gasteiger partial charge is 0.472 e. The average Bonchev–Trinajstić information content (AvgIpc) is 3.24. The van der Waals surface area contributed by atoms with E-state index in [4.69, 9.17) is 9.05 Å². The van der Waals surface area contributed by atoms with E-state index in [0.29, 0.717) is 23.9 Å². The van der Waals surface area contributed by atoms with Gasteiger partial charge in [-0.1, -0.05) is 230 Å². The monoisotopic (exact) mass is 910 g/mol. The van der Waals surface area contributed by atoms with Crippen LogP contribution in [0.1, 0.15) is 251 Å². The van der Waals surface area contributed by atoms with Crippen molar-refractivity contribution in [3.05, 3.63) is 36.5 Å². The fourth-order valence-electron chi connectivity index (χ4n) is 7.88. The standard InChI is InChI=1S/C54H105N2O6P/c1-6-8-10-12-14-16-18-20-22-24-26-27-28-29-30-32-34-36-38-40-42-44-46-48-54(58)55-52(51-62-63(59,60)61-50-49-56(3,4)5)53(57)47-45-43-41-39-37-35-33-31-25-23-21-19-17-15-13-11-9-7-2/h18,20,24,26,28-29,52-53,57H,6-17,19,21-23,25,27,30-51H2,1-5H3,(H-,55,58,59,60)/p+1/b20-18-,26-24-,29-28-. The zero-order chi connectivity index (χ0) is 46.4. The van der Waals surface area contributed by atoms with Gasteiger partial charge in [0.2, 0.25) is 5.91 Å². The third-order valence-electron chi connectivity index (χ3n) is 12.1. The second-order valence-corrected chi connectivity index (χ2v) is 21.1. The molecule has 0 aliphatic heterocycles. The van der Waals surface area contributed by atoms with Crippen LogP contribution >= 0.6 is 7.82 Å². The maximum Gasteiger partial charge on any atom is 0.472 e. The SMILES string of the molecule is CCCCCCC/C=C\C/C=C\C/C=C\CCCCCCCCCCC(=O)NC(COP(=O)(O)OCC[N+](C)(C)C)C(O)CCCCCCCCCCCCCCCCCCCC. The number of nitrogens with one attached hydrogen (secondary N) is 1. The first-order chi connectivity index (χ1) is 30.5. The number of amides is 1. The molecule has 0 aliphatic carbocycles. The minimum atomic E-state index is -4.32. The molecule has 0 heterocycles. The fraction of sp³-hybridized carbons (Fsp3) is 0.870. The highest BCUT2D eigenvalue weighted by atomic mass is 31.2. The molecule has 63 heavy (non-hydrogen) atoms. The first kappa shape index (κ1) is 61.7. The molecule has 8 nitrogen and oxygen atoms in total. The number of phosphoric ester groups is 1. The first-order valence-electron chi connectivity index (χ1n) is 26.9. The second-order valence-electron chi connectivity index (χ2n) is 19.6. The molecule has 3 atom stereocenters. The van der Waals surface area contributed by atoms with Crippen molar-refractivity contribution in [2.45, 2.75) is 264 Å². The van der Waals surface area contributed by atoms with Crippen LogP contribution in [-0.4, -0.2) is 73.4 Å². The summed E-state index contributed by atoms with van der Waals surface area (Å²) in [6, 6.07) is -0.765. The smallest absolute Gasteiger partial charge is 0.391 e. The molecule has 0 aromatic heterocycles. The number of rotatable bonds is 49. The van der Waals surface area contributed by atoms with E-state index in [9.17, 15) is 19.4 Å². The quantitative estimate of drug-likeness (QED) is 0.0243. The van der Waals surface area contributed by atoms with Crippen LogP contribution < -0.4 is 5.32 Å². The predicted octanol–water partition coefficient (Wildman–Crippen LogP) is 15.8. The molecule has 0 aromatic carbocycles. The van der Waals surface area contributed by atoms with Gasteiger partial charge in [-0.3, -0.25) is 13.8 Å². The van der Waals surface area contributed by atoms with Crippen molar-refractivity contribution in [1.29, 1.82) is 0 Å². The molecule has 0 saturated heterocycles. The minimum Gasteiger partial charge on any atom is -0.391 e. The Morgan fingerprint density at radius 3 is 1.32 bits per heavy atom. The minimum absolute atomic E-state index is 0.0729. The molecule has 0 spiro atoms. The van der Waals surface area contributed by atoms with Gasteiger partial charge in [0.15, 0.2) is 0 Å². The normalized spacial score (nSPS) is 14.3. The van der Waals surface area contributed by atoms with E-state index in [1.807, 2.05) is 21.1 Å². The Morgan fingerprint density at radius 2 is 0.905 bits per heavy atom. The number of aliphatic hydroxyl groups is 1. The summed E-state index contributed by atoms with van der Waals surface area (Å²) in [4.78, 5) is 23.3. The number of hydrogen-bond donors (Lipinski definition) is 3. The fourth-order valence-corrected chi connectivity index (χ4v) is 8.61. The highest BCUT2D eigenvalue weighted by molar-refractivity contribution is 7.47. The number of allylic oxidation sites excluding steroid dienone is 6. The molecule has 3 unspecified atom stereocenters. The lowest BCUT2D eigenvalue weighted by Gasteiger charge is -2.26. The summed E-state index contributed by atoms with van der Waals surface area (Å²) in [7, 11) is 1.61. The van der Waals surface area contributed by atoms with E-state index in [1.54, 1.807) is 0 Å². The van der Waals surface area contributed by atoms with Crippen LogP contribution in [0, 0.1) is 0 Å². The summed E-state index contributed by atoms with van der Waals surface area (Å²) in [6.45, 7) is 4.89. The van der Waals surface area contributed by atoms with Crippen LogP contribution in [-0.2, 0) is 18.4 Å². The van der Waals surface area contributed by atoms with Gasteiger partial charge >= 0.3 is 7.82 Å². The van der Waals surface area contributed by atoms with Crippen molar-refractivity contribution in [3.8, 4) is 0 Å². The topological polar surface area (TPSA) is 105 Å². The van der Waals surface area contributed by atoms with E-state index in [2.05, 4.69) is 55.6 Å². The van der Waals surface area contributed by atoms with Crippen molar-refractivity contribution in [2.24, 2.45) is 0 Å². The lowest BCUT2D eigenvalue weighted by molar-refractivity contribution is -0.870. The molecule has 0 bridgehead atoms. The van der Waals surface area contributed by atoms with E-state index in [1.165, 1.54) is 167 Å². The number of carbonyl (C=O) groups excluding carboxylic acids is 1. The third kappa shape index (κ3) is 48.5. The Labute approximate surface area is 391 Å². The van der Waals surface area contributed by atoms with Gasteiger partial charge in [0.25, 0.3) is 0 Å². The third-order valence-corrected chi connectivity index (χ3v) is 13.1. The van der Waals surface area contributed by atoms with Crippen molar-refractivity contribution in [1.82, 2.24) is 5.32 Å². The first-order valence-corrected chi connectivity index (χ1v) is 28.3. The summed E-state index contributed by atoms with van der Waals surface area (Å²) >= 11 is 0. The van der Waals surface area contributed by atoms with Crippen LogP contribution in [0.25, 0.3) is 0 Å². The second kappa shape index (κ2) is 45.9. The highest BCUT2D eigenvalue weighted by Gasteiger charge is 2.28. The summed E-state index contributed by atoms with van der Waals surface area (Å²) in [5, 5.41) is 14.0. The highest BCUT2D eigenvalue weighted by Crippen LogP contribution is 2.43. The molecule has 0 rings (SSSR count). The van der Waals surface area contributed by atoms with Crippen molar-refractivity contribution in [2.75, 3.05) is 40.9 Å². The number of hydrogen-bond acceptors (Lipinski definition) is 5. The average molecular weight is 910 g/mol. The summed E-state index contributed by atoms with van der Waals surface area (Å²) in [5.41, 5.74) is 0. The van der Waals surface area contributed by atoms with Gasteiger partial charge < -0.3 is 19.8 Å². The van der Waals surface area contributed by atoms with Crippen molar-refractivity contribution >= 4 is 13.7 Å². The van der Waals surface area contributed by atoms with Crippen LogP contribution in [0.15, 0.2) is 36.5 Å². The molecular weight excluding hydrogens is 804 g/mol. The Bertz CT molecular complexity index is 1120. The van der Waals surface area contributed by atoms with Crippen LogP contribution in [0.5, 0.6) is 0 Å². The van der Waals surface area contributed by atoms with Gasteiger partial charge in [0.1, 0.15) is 13.2 Å². The van der Waals surface area contributed by atoms with Gasteiger partial charge in [0, 0.05) is 6.42 Å². The number of unbranched alkanes of at least 4 members (excludes halogenated alkanes) is 30. The molecule has 9 heteroatoms. The summed E-state index contributed by atoms with van der Waals surface area (Å²) < 4.78 is 23.7. The lowest BCUT2D eigenvalue weighted by atomic mass is 10.0. The Hall–Kier alpha value is -1.28. The van der Waals surface area contributed by atoms with E-state index >= 15 is 0 Å². The van der Waals surface area contributed by atoms with Crippen molar-refractivity contribution < 1.29 is 32.9 Å².